The van der Waals surface area contributed by atoms with Crippen LogP contribution in [-0.4, -0.2) is 32.6 Å². The summed E-state index contributed by atoms with van der Waals surface area (Å²) in [4.78, 5) is 26.7. The summed E-state index contributed by atoms with van der Waals surface area (Å²) in [5.41, 5.74) is 5.78. The number of aryl methyl sites for hydroxylation is 1. The van der Waals surface area contributed by atoms with E-state index in [4.69, 9.17) is 14.2 Å². The van der Waals surface area contributed by atoms with Crippen LogP contribution in [0.4, 0.5) is 0 Å². The molecule has 1 heterocycles. The van der Waals surface area contributed by atoms with Crippen molar-refractivity contribution in [3.8, 4) is 11.5 Å². The third-order valence-electron chi connectivity index (χ3n) is 6.70. The lowest BCUT2D eigenvalue weighted by molar-refractivity contribution is -0.138. The monoisotopic (exact) mass is 461 g/mol. The van der Waals surface area contributed by atoms with E-state index >= 15 is 0 Å². The van der Waals surface area contributed by atoms with Gasteiger partial charge in [-0.25, -0.2) is 4.79 Å². The van der Waals surface area contributed by atoms with Gasteiger partial charge in [0.25, 0.3) is 0 Å². The standard InChI is InChI=1S/C28H31NO5/c1-6-34-28(31)25-17(3)29-21-13-19(18-11-12-23(32-4)24(15-18)33-5)14-22(30)27(21)26(25)20-10-8-7-9-16(20)2/h7-12,15,19,26,29H,6,13-14H2,1-5H3/t19-,26-/m0/s1. The number of hydrogen-bond acceptors (Lipinski definition) is 6. The normalized spacial score (nSPS) is 20.0. The lowest BCUT2D eigenvalue weighted by Gasteiger charge is -2.37. The Morgan fingerprint density at radius 2 is 1.76 bits per heavy atom. The number of allylic oxidation sites excluding steroid dienone is 3. The van der Waals surface area contributed by atoms with Gasteiger partial charge in [-0.15, -0.1) is 0 Å². The molecule has 0 saturated heterocycles. The Hall–Kier alpha value is -3.54. The smallest absolute Gasteiger partial charge is 0.336 e. The molecule has 0 amide bonds. The third-order valence-corrected chi connectivity index (χ3v) is 6.70. The van der Waals surface area contributed by atoms with Crippen molar-refractivity contribution in [2.24, 2.45) is 0 Å². The molecule has 2 aromatic rings. The van der Waals surface area contributed by atoms with E-state index < -0.39 is 5.92 Å². The Kier molecular flexibility index (Phi) is 6.77. The summed E-state index contributed by atoms with van der Waals surface area (Å²) in [5, 5.41) is 3.39. The number of nitrogens with one attached hydrogen (secondary N) is 1. The van der Waals surface area contributed by atoms with Gasteiger partial charge in [0, 0.05) is 29.3 Å². The molecule has 2 aliphatic rings. The van der Waals surface area contributed by atoms with E-state index in [9.17, 15) is 9.59 Å². The van der Waals surface area contributed by atoms with Crippen LogP contribution >= 0.6 is 0 Å². The van der Waals surface area contributed by atoms with E-state index in [-0.39, 0.29) is 24.3 Å². The fraction of sp³-hybridized carbons (Fsp3) is 0.357. The summed E-state index contributed by atoms with van der Waals surface area (Å²) in [5.74, 6) is 0.491. The van der Waals surface area contributed by atoms with Crippen LogP contribution in [-0.2, 0) is 14.3 Å². The topological polar surface area (TPSA) is 73.9 Å². The Balaban J connectivity index is 1.79. The van der Waals surface area contributed by atoms with Gasteiger partial charge >= 0.3 is 5.97 Å². The maximum absolute atomic E-state index is 13.7. The molecule has 4 rings (SSSR count). The number of esters is 1. The Morgan fingerprint density at radius 1 is 1.03 bits per heavy atom. The Labute approximate surface area is 200 Å². The molecule has 1 N–H and O–H groups in total. The lowest BCUT2D eigenvalue weighted by atomic mass is 9.71. The van der Waals surface area contributed by atoms with Crippen LogP contribution in [0.15, 0.2) is 65.0 Å². The van der Waals surface area contributed by atoms with E-state index in [0.717, 1.165) is 28.1 Å². The average Bonchev–Trinajstić information content (AvgIpc) is 2.83. The number of hydrogen-bond donors (Lipinski definition) is 1. The molecule has 6 heteroatoms. The predicted octanol–water partition coefficient (Wildman–Crippen LogP) is 4.94. The van der Waals surface area contributed by atoms with Crippen molar-refractivity contribution in [1.82, 2.24) is 5.32 Å². The minimum atomic E-state index is -0.449. The highest BCUT2D eigenvalue weighted by Gasteiger charge is 2.41. The molecule has 1 aliphatic heterocycles. The van der Waals surface area contributed by atoms with Gasteiger partial charge in [0.15, 0.2) is 17.3 Å². The van der Waals surface area contributed by atoms with E-state index in [2.05, 4.69) is 5.32 Å². The summed E-state index contributed by atoms with van der Waals surface area (Å²) in [6, 6.07) is 13.7. The zero-order valence-electron chi connectivity index (χ0n) is 20.4. The summed E-state index contributed by atoms with van der Waals surface area (Å²) in [7, 11) is 3.21. The van der Waals surface area contributed by atoms with Crippen LogP contribution < -0.4 is 14.8 Å². The van der Waals surface area contributed by atoms with Crippen LogP contribution in [0.5, 0.6) is 11.5 Å². The number of carbonyl (C=O) groups excluding carboxylic acids is 2. The largest absolute Gasteiger partial charge is 0.493 e. The van der Waals surface area contributed by atoms with Crippen LogP contribution in [0.2, 0.25) is 0 Å². The fourth-order valence-electron chi connectivity index (χ4n) is 5.08. The predicted molar refractivity (Wildman–Crippen MR) is 130 cm³/mol. The van der Waals surface area contributed by atoms with Gasteiger partial charge in [0.1, 0.15) is 0 Å². The number of ether oxygens (including phenoxy) is 3. The van der Waals surface area contributed by atoms with Gasteiger partial charge in [0.2, 0.25) is 0 Å². The van der Waals surface area contributed by atoms with Crippen molar-refractivity contribution in [2.75, 3.05) is 20.8 Å². The molecule has 2 aromatic carbocycles. The number of dihydropyridines is 1. The molecule has 0 unspecified atom stereocenters. The van der Waals surface area contributed by atoms with Gasteiger partial charge in [0.05, 0.1) is 26.4 Å². The van der Waals surface area contributed by atoms with Gasteiger partial charge in [-0.3, -0.25) is 4.79 Å². The van der Waals surface area contributed by atoms with Crippen molar-refractivity contribution in [1.29, 1.82) is 0 Å². The molecule has 0 spiro atoms. The fourth-order valence-corrected chi connectivity index (χ4v) is 5.08. The van der Waals surface area contributed by atoms with E-state index in [0.29, 0.717) is 35.5 Å². The molecular weight excluding hydrogens is 430 g/mol. The van der Waals surface area contributed by atoms with Crippen LogP contribution in [0.1, 0.15) is 55.2 Å². The zero-order chi connectivity index (χ0) is 24.4. The highest BCUT2D eigenvalue weighted by atomic mass is 16.5. The molecule has 1 aliphatic carbocycles. The molecule has 0 saturated carbocycles. The highest BCUT2D eigenvalue weighted by Crippen LogP contribution is 2.47. The average molecular weight is 462 g/mol. The SMILES string of the molecule is CCOC(=O)C1=C(C)NC2=C(C(=O)C[C@@H](c3ccc(OC)c(OC)c3)C2)[C@H]1c1ccccc1C. The molecule has 178 valence electrons. The Bertz CT molecular complexity index is 1190. The summed E-state index contributed by atoms with van der Waals surface area (Å²) < 4.78 is 16.2. The van der Waals surface area contributed by atoms with Crippen LogP contribution in [0.25, 0.3) is 0 Å². The molecule has 34 heavy (non-hydrogen) atoms. The number of methoxy groups -OCH3 is 2. The van der Waals surface area contributed by atoms with Crippen molar-refractivity contribution in [2.45, 2.75) is 45.4 Å². The number of benzene rings is 2. The summed E-state index contributed by atoms with van der Waals surface area (Å²) in [6.45, 7) is 5.95. The maximum Gasteiger partial charge on any atom is 0.336 e. The van der Waals surface area contributed by atoms with Gasteiger partial charge in [-0.2, -0.15) is 0 Å². The minimum Gasteiger partial charge on any atom is -0.493 e. The first-order valence-electron chi connectivity index (χ1n) is 11.6. The minimum absolute atomic E-state index is 0.00646. The lowest BCUT2D eigenvalue weighted by Crippen LogP contribution is -2.36. The highest BCUT2D eigenvalue weighted by molar-refractivity contribution is 6.04. The summed E-state index contributed by atoms with van der Waals surface area (Å²) >= 11 is 0. The number of rotatable bonds is 6. The maximum atomic E-state index is 13.7. The van der Waals surface area contributed by atoms with Crippen molar-refractivity contribution in [3.05, 3.63) is 81.7 Å². The van der Waals surface area contributed by atoms with E-state index in [1.54, 1.807) is 21.1 Å². The van der Waals surface area contributed by atoms with E-state index in [1.165, 1.54) is 0 Å². The second-order valence-electron chi connectivity index (χ2n) is 8.71. The van der Waals surface area contributed by atoms with Crippen molar-refractivity contribution < 1.29 is 23.8 Å². The first-order chi connectivity index (χ1) is 16.4. The van der Waals surface area contributed by atoms with Gasteiger partial charge in [-0.05, 0) is 61.9 Å². The van der Waals surface area contributed by atoms with Crippen molar-refractivity contribution in [3.63, 3.8) is 0 Å². The van der Waals surface area contributed by atoms with E-state index in [1.807, 2.05) is 56.3 Å². The first-order valence-corrected chi connectivity index (χ1v) is 11.6. The molecule has 0 bridgehead atoms. The number of carbonyl (C=O) groups is 2. The number of ketones is 1. The number of Topliss-reactive ketones (excluding diaryl/α,β-unsaturated/α-hetero) is 1. The quantitative estimate of drug-likeness (QED) is 0.615. The van der Waals surface area contributed by atoms with Crippen LogP contribution in [0, 0.1) is 6.92 Å². The molecule has 6 nitrogen and oxygen atoms in total. The van der Waals surface area contributed by atoms with Crippen molar-refractivity contribution >= 4 is 11.8 Å². The van der Waals surface area contributed by atoms with Gasteiger partial charge < -0.3 is 19.5 Å². The van der Waals surface area contributed by atoms with Crippen LogP contribution in [0.3, 0.4) is 0 Å². The molecular formula is C28H31NO5. The molecule has 0 aromatic heterocycles. The Morgan fingerprint density at radius 3 is 2.44 bits per heavy atom. The zero-order valence-corrected chi connectivity index (χ0v) is 20.4. The molecule has 0 radical (unpaired) electrons. The molecule has 0 fully saturated rings. The second kappa shape index (κ2) is 9.75. The second-order valence-corrected chi connectivity index (χ2v) is 8.71. The molecule has 2 atom stereocenters. The third kappa shape index (κ3) is 4.20. The van der Waals surface area contributed by atoms with Gasteiger partial charge in [-0.1, -0.05) is 30.3 Å². The first kappa shape index (κ1) is 23.6. The summed E-state index contributed by atoms with van der Waals surface area (Å²) in [6.07, 6.45) is 1.01.